The van der Waals surface area contributed by atoms with Crippen LogP contribution in [-0.4, -0.2) is 6.72 Å². The summed E-state index contributed by atoms with van der Waals surface area (Å²) in [5.41, 5.74) is 6.43. The van der Waals surface area contributed by atoms with Crippen molar-refractivity contribution in [3.63, 3.8) is 0 Å². The Morgan fingerprint density at radius 2 is 2.17 bits per heavy atom. The predicted octanol–water partition coefficient (Wildman–Crippen LogP) is 3.91. The number of nitrogens with two attached hydrogens (primary N) is 1. The molecule has 0 saturated carbocycles. The Morgan fingerprint density at radius 1 is 1.44 bits per heavy atom. The highest BCUT2D eigenvalue weighted by atomic mass is 35.5. The van der Waals surface area contributed by atoms with Crippen molar-refractivity contribution in [1.82, 2.24) is 0 Å². The zero-order chi connectivity index (χ0) is 13.5. The van der Waals surface area contributed by atoms with Crippen molar-refractivity contribution in [1.29, 1.82) is 0 Å². The second kappa shape index (κ2) is 7.09. The molecule has 3 nitrogen and oxygen atoms in total. The van der Waals surface area contributed by atoms with Crippen molar-refractivity contribution in [2.75, 3.05) is 0 Å². The highest BCUT2D eigenvalue weighted by Gasteiger charge is 2.06. The van der Waals surface area contributed by atoms with Crippen molar-refractivity contribution < 1.29 is 4.74 Å². The van der Waals surface area contributed by atoms with E-state index in [4.69, 9.17) is 33.7 Å². The second-order valence-corrected chi connectivity index (χ2v) is 4.33. The maximum Gasteiger partial charge on any atom is 0.161 e. The van der Waals surface area contributed by atoms with Gasteiger partial charge >= 0.3 is 0 Å². The van der Waals surface area contributed by atoms with Gasteiger partial charge in [-0.15, -0.1) is 6.58 Å². The largest absolute Gasteiger partial charge is 0.489 e. The molecule has 18 heavy (non-hydrogen) atoms. The van der Waals surface area contributed by atoms with Gasteiger partial charge < -0.3 is 10.5 Å². The second-order valence-electron chi connectivity index (χ2n) is 3.48. The lowest BCUT2D eigenvalue weighted by atomic mass is 10.2. The van der Waals surface area contributed by atoms with Gasteiger partial charge in [0.05, 0.1) is 0 Å². The summed E-state index contributed by atoms with van der Waals surface area (Å²) in [6.45, 7) is 7.24. The molecule has 0 radical (unpaired) electrons. The summed E-state index contributed by atoms with van der Waals surface area (Å²) in [4.78, 5) is 3.64. The van der Waals surface area contributed by atoms with Gasteiger partial charge in [0.15, 0.2) is 5.82 Å². The first-order valence-corrected chi connectivity index (χ1v) is 5.97. The molecule has 0 aliphatic heterocycles. The Labute approximate surface area is 117 Å². The van der Waals surface area contributed by atoms with Crippen molar-refractivity contribution in [3.8, 4) is 0 Å². The van der Waals surface area contributed by atoms with E-state index >= 15 is 0 Å². The number of hydrogen-bond donors (Lipinski definition) is 1. The molecule has 5 heteroatoms. The Balaban J connectivity index is 2.82. The van der Waals surface area contributed by atoms with Crippen LogP contribution in [0.15, 0.2) is 47.4 Å². The van der Waals surface area contributed by atoms with Crippen molar-refractivity contribution in [2.24, 2.45) is 10.7 Å². The van der Waals surface area contributed by atoms with E-state index in [-0.39, 0.29) is 12.4 Å². The molecule has 96 valence electrons. The number of allylic oxidation sites excluding steroid dienone is 1. The SMILES string of the molecule is C=CC/C(OCc1cc(Cl)ccc1Cl)=C(/N)N=C. The monoisotopic (exact) mass is 284 g/mol. The molecule has 2 N–H and O–H groups in total. The molecular weight excluding hydrogens is 271 g/mol. The van der Waals surface area contributed by atoms with Crippen LogP contribution in [0.5, 0.6) is 0 Å². The molecule has 0 unspecified atom stereocenters. The van der Waals surface area contributed by atoms with Gasteiger partial charge in [-0.25, -0.2) is 4.99 Å². The van der Waals surface area contributed by atoms with Crippen LogP contribution in [-0.2, 0) is 11.3 Å². The van der Waals surface area contributed by atoms with Gasteiger partial charge in [-0.3, -0.25) is 0 Å². The number of rotatable bonds is 6. The molecule has 0 bridgehead atoms. The number of aliphatic imine (C=N–C) groups is 1. The molecular formula is C13H14Cl2N2O. The molecule has 0 saturated heterocycles. The lowest BCUT2D eigenvalue weighted by molar-refractivity contribution is 0.190. The number of hydrogen-bond acceptors (Lipinski definition) is 3. The molecule has 1 rings (SSSR count). The number of halogens is 2. The van der Waals surface area contributed by atoms with Gasteiger partial charge in [0.2, 0.25) is 0 Å². The van der Waals surface area contributed by atoms with Crippen molar-refractivity contribution >= 4 is 29.9 Å². The standard InChI is InChI=1S/C13H14Cl2N2O/c1-3-4-12(13(16)17-2)18-8-9-7-10(14)5-6-11(9)15/h3,5-7H,1-2,4,8,16H2/b13-12+. The van der Waals surface area contributed by atoms with Gasteiger partial charge in [0.25, 0.3) is 0 Å². The molecule has 0 spiro atoms. The van der Waals surface area contributed by atoms with E-state index < -0.39 is 0 Å². The van der Waals surface area contributed by atoms with Crippen LogP contribution in [0, 0.1) is 0 Å². The quantitative estimate of drug-likeness (QED) is 0.489. The molecule has 0 aromatic heterocycles. The summed E-state index contributed by atoms with van der Waals surface area (Å²) in [6, 6.07) is 5.18. The Kier molecular flexibility index (Phi) is 5.75. The van der Waals surface area contributed by atoms with E-state index in [0.717, 1.165) is 5.56 Å². The van der Waals surface area contributed by atoms with Crippen molar-refractivity contribution in [2.45, 2.75) is 13.0 Å². The lowest BCUT2D eigenvalue weighted by Crippen LogP contribution is -2.03. The number of benzene rings is 1. The molecule has 0 aliphatic rings. The molecule has 1 aromatic rings. The summed E-state index contributed by atoms with van der Waals surface area (Å²) >= 11 is 11.9. The van der Waals surface area contributed by atoms with Crippen LogP contribution in [0.1, 0.15) is 12.0 Å². The minimum absolute atomic E-state index is 0.244. The minimum Gasteiger partial charge on any atom is -0.489 e. The Morgan fingerprint density at radius 3 is 2.78 bits per heavy atom. The fourth-order valence-corrected chi connectivity index (χ4v) is 1.64. The third kappa shape index (κ3) is 4.09. The lowest BCUT2D eigenvalue weighted by Gasteiger charge is -2.11. The maximum atomic E-state index is 6.03. The van der Waals surface area contributed by atoms with Crippen LogP contribution in [0.4, 0.5) is 0 Å². The van der Waals surface area contributed by atoms with Crippen molar-refractivity contribution in [3.05, 3.63) is 58.0 Å². The van der Waals surface area contributed by atoms with E-state index in [1.165, 1.54) is 0 Å². The zero-order valence-electron chi connectivity index (χ0n) is 9.83. The van der Waals surface area contributed by atoms with Gasteiger partial charge in [0, 0.05) is 22.0 Å². The summed E-state index contributed by atoms with van der Waals surface area (Å²) in [7, 11) is 0. The summed E-state index contributed by atoms with van der Waals surface area (Å²) in [5.74, 6) is 0.754. The fraction of sp³-hybridized carbons (Fsp3) is 0.154. The Bertz CT molecular complexity index is 484. The highest BCUT2D eigenvalue weighted by Crippen LogP contribution is 2.23. The van der Waals surface area contributed by atoms with E-state index in [1.807, 2.05) is 0 Å². The first kappa shape index (κ1) is 14.6. The molecule has 0 amide bonds. The topological polar surface area (TPSA) is 47.6 Å². The molecule has 1 aromatic carbocycles. The first-order valence-electron chi connectivity index (χ1n) is 5.21. The number of nitrogens with zero attached hydrogens (tertiary/aromatic N) is 1. The fourth-order valence-electron chi connectivity index (χ4n) is 1.28. The van der Waals surface area contributed by atoms with E-state index in [9.17, 15) is 0 Å². The van der Waals surface area contributed by atoms with Gasteiger partial charge in [-0.2, -0.15) is 0 Å². The summed E-state index contributed by atoms with van der Waals surface area (Å²) in [6.07, 6.45) is 2.15. The smallest absolute Gasteiger partial charge is 0.161 e. The highest BCUT2D eigenvalue weighted by molar-refractivity contribution is 6.33. The third-order valence-electron chi connectivity index (χ3n) is 2.20. The van der Waals surface area contributed by atoms with E-state index in [2.05, 4.69) is 18.3 Å². The third-order valence-corrected chi connectivity index (χ3v) is 2.80. The van der Waals surface area contributed by atoms with Crippen LogP contribution >= 0.6 is 23.2 Å². The molecule has 0 aliphatic carbocycles. The van der Waals surface area contributed by atoms with Crippen LogP contribution in [0.25, 0.3) is 0 Å². The van der Waals surface area contributed by atoms with Gasteiger partial charge in [0.1, 0.15) is 12.4 Å². The van der Waals surface area contributed by atoms with Gasteiger partial charge in [-0.05, 0) is 24.9 Å². The summed E-state index contributed by atoms with van der Waals surface area (Å²) in [5, 5.41) is 1.18. The van der Waals surface area contributed by atoms with Crippen LogP contribution in [0.2, 0.25) is 10.0 Å². The Hall–Kier alpha value is -1.45. The predicted molar refractivity (Wildman–Crippen MR) is 76.8 cm³/mol. The normalized spacial score (nSPS) is 11.7. The number of ether oxygens (including phenoxy) is 1. The summed E-state index contributed by atoms with van der Waals surface area (Å²) < 4.78 is 5.56. The van der Waals surface area contributed by atoms with E-state index in [1.54, 1.807) is 24.3 Å². The average molecular weight is 285 g/mol. The molecule has 0 atom stereocenters. The molecule has 0 fully saturated rings. The van der Waals surface area contributed by atoms with Gasteiger partial charge in [-0.1, -0.05) is 29.3 Å². The maximum absolute atomic E-state index is 6.03. The zero-order valence-corrected chi connectivity index (χ0v) is 11.3. The first-order chi connectivity index (χ1) is 8.58. The van der Waals surface area contributed by atoms with E-state index in [0.29, 0.717) is 22.2 Å². The minimum atomic E-state index is 0.244. The van der Waals surface area contributed by atoms with Crippen LogP contribution in [0.3, 0.4) is 0 Å². The van der Waals surface area contributed by atoms with Crippen LogP contribution < -0.4 is 5.73 Å². The average Bonchev–Trinajstić information content (AvgIpc) is 2.37. The molecule has 0 heterocycles.